The van der Waals surface area contributed by atoms with Crippen LogP contribution in [-0.4, -0.2) is 51.2 Å². The van der Waals surface area contributed by atoms with E-state index in [1.54, 1.807) is 11.8 Å². The third-order valence-electron chi connectivity index (χ3n) is 4.25. The van der Waals surface area contributed by atoms with Crippen molar-refractivity contribution in [3.05, 3.63) is 22.4 Å². The Morgan fingerprint density at radius 2 is 2.24 bits per heavy atom. The summed E-state index contributed by atoms with van der Waals surface area (Å²) >= 11 is 0. The highest BCUT2D eigenvalue weighted by molar-refractivity contribution is 5.99. The maximum absolute atomic E-state index is 12.6. The first kappa shape index (κ1) is 17.1. The predicted octanol–water partition coefficient (Wildman–Crippen LogP) is 0.820. The van der Waals surface area contributed by atoms with E-state index in [2.05, 4.69) is 17.1 Å². The third kappa shape index (κ3) is 3.40. The van der Waals surface area contributed by atoms with Crippen LogP contribution in [0.1, 0.15) is 37.2 Å². The number of esters is 1. The molecule has 0 aromatic carbocycles. The zero-order chi connectivity index (χ0) is 18.0. The van der Waals surface area contributed by atoms with Crippen molar-refractivity contribution in [3.8, 4) is 0 Å². The smallest absolute Gasteiger partial charge is 0.361 e. The minimum atomic E-state index is -0.755. The SMILES string of the molecule is CCOC(=O)c1noc2ncn(CC(=O)N3CCCC(C)C3)c(=O)c12. The molecule has 1 saturated heterocycles. The fourth-order valence-corrected chi connectivity index (χ4v) is 2.99. The van der Waals surface area contributed by atoms with Gasteiger partial charge in [-0.3, -0.25) is 14.2 Å². The first-order chi connectivity index (χ1) is 12.0. The predicted molar refractivity (Wildman–Crippen MR) is 87.0 cm³/mol. The molecule has 0 spiro atoms. The number of carbonyl (C=O) groups excluding carboxylic acids is 2. The highest BCUT2D eigenvalue weighted by Crippen LogP contribution is 2.16. The van der Waals surface area contributed by atoms with Gasteiger partial charge in [0.2, 0.25) is 11.6 Å². The van der Waals surface area contributed by atoms with E-state index in [-0.39, 0.29) is 35.9 Å². The van der Waals surface area contributed by atoms with Gasteiger partial charge in [-0.1, -0.05) is 12.1 Å². The van der Waals surface area contributed by atoms with Crippen LogP contribution in [0.2, 0.25) is 0 Å². The van der Waals surface area contributed by atoms with Crippen molar-refractivity contribution in [2.45, 2.75) is 33.2 Å². The van der Waals surface area contributed by atoms with Gasteiger partial charge < -0.3 is 14.2 Å². The van der Waals surface area contributed by atoms with Crippen LogP contribution in [-0.2, 0) is 16.1 Å². The molecule has 1 amide bonds. The summed E-state index contributed by atoms with van der Waals surface area (Å²) in [5.41, 5.74) is -0.821. The van der Waals surface area contributed by atoms with E-state index in [1.165, 1.54) is 10.9 Å². The second kappa shape index (κ2) is 7.04. The second-order valence-corrected chi connectivity index (χ2v) is 6.20. The van der Waals surface area contributed by atoms with Crippen LogP contribution < -0.4 is 5.56 Å². The number of carbonyl (C=O) groups is 2. The molecule has 2 aromatic rings. The Balaban J connectivity index is 1.88. The van der Waals surface area contributed by atoms with Crippen molar-refractivity contribution in [1.82, 2.24) is 19.6 Å². The normalized spacial score (nSPS) is 17.7. The molecule has 0 saturated carbocycles. The van der Waals surface area contributed by atoms with Gasteiger partial charge in [0.05, 0.1) is 6.61 Å². The molecule has 3 heterocycles. The second-order valence-electron chi connectivity index (χ2n) is 6.20. The van der Waals surface area contributed by atoms with Crippen LogP contribution in [0.5, 0.6) is 0 Å². The Labute approximate surface area is 143 Å². The monoisotopic (exact) mass is 348 g/mol. The number of nitrogens with zero attached hydrogens (tertiary/aromatic N) is 4. The van der Waals surface area contributed by atoms with E-state index >= 15 is 0 Å². The van der Waals surface area contributed by atoms with Crippen LogP contribution in [0.4, 0.5) is 0 Å². The summed E-state index contributed by atoms with van der Waals surface area (Å²) < 4.78 is 11.0. The summed E-state index contributed by atoms with van der Waals surface area (Å²) in [5, 5.41) is 3.51. The number of hydrogen-bond acceptors (Lipinski definition) is 7. The van der Waals surface area contributed by atoms with Crippen LogP contribution >= 0.6 is 0 Å². The minimum Gasteiger partial charge on any atom is -0.461 e. The van der Waals surface area contributed by atoms with Crippen molar-refractivity contribution < 1.29 is 18.8 Å². The summed E-state index contributed by atoms with van der Waals surface area (Å²) in [6.07, 6.45) is 3.29. The average Bonchev–Trinajstić information content (AvgIpc) is 3.02. The molecule has 9 heteroatoms. The van der Waals surface area contributed by atoms with Crippen LogP contribution in [0, 0.1) is 5.92 Å². The van der Waals surface area contributed by atoms with Gasteiger partial charge in [0.25, 0.3) is 11.3 Å². The third-order valence-corrected chi connectivity index (χ3v) is 4.25. The molecule has 0 radical (unpaired) electrons. The highest BCUT2D eigenvalue weighted by atomic mass is 16.5. The van der Waals surface area contributed by atoms with E-state index < -0.39 is 11.5 Å². The number of piperidine rings is 1. The maximum atomic E-state index is 12.6. The highest BCUT2D eigenvalue weighted by Gasteiger charge is 2.25. The van der Waals surface area contributed by atoms with E-state index in [9.17, 15) is 14.4 Å². The van der Waals surface area contributed by atoms with Crippen LogP contribution in [0.25, 0.3) is 11.1 Å². The van der Waals surface area contributed by atoms with Gasteiger partial charge in [-0.15, -0.1) is 0 Å². The number of fused-ring (bicyclic) bond motifs is 1. The molecule has 3 rings (SSSR count). The lowest BCUT2D eigenvalue weighted by atomic mass is 10.0. The molecule has 1 unspecified atom stereocenters. The Morgan fingerprint density at radius 1 is 1.44 bits per heavy atom. The van der Waals surface area contributed by atoms with Crippen molar-refractivity contribution in [2.75, 3.05) is 19.7 Å². The molecule has 1 aliphatic heterocycles. The molecule has 2 aromatic heterocycles. The van der Waals surface area contributed by atoms with Crippen molar-refractivity contribution in [1.29, 1.82) is 0 Å². The Hall–Kier alpha value is -2.71. The minimum absolute atomic E-state index is 0.0525. The number of hydrogen-bond donors (Lipinski definition) is 0. The fourth-order valence-electron chi connectivity index (χ4n) is 2.99. The van der Waals surface area contributed by atoms with Gasteiger partial charge in [0.1, 0.15) is 18.3 Å². The summed E-state index contributed by atoms with van der Waals surface area (Å²) in [5.74, 6) is -0.457. The molecule has 1 aliphatic rings. The van der Waals surface area contributed by atoms with E-state index in [0.29, 0.717) is 19.0 Å². The van der Waals surface area contributed by atoms with E-state index in [4.69, 9.17) is 9.26 Å². The first-order valence-electron chi connectivity index (χ1n) is 8.31. The van der Waals surface area contributed by atoms with E-state index in [0.717, 1.165) is 12.8 Å². The number of rotatable bonds is 4. The largest absolute Gasteiger partial charge is 0.461 e. The lowest BCUT2D eigenvalue weighted by molar-refractivity contribution is -0.133. The van der Waals surface area contributed by atoms with Gasteiger partial charge in [-0.05, 0) is 25.7 Å². The number of likely N-dealkylation sites (tertiary alicyclic amines) is 1. The molecule has 9 nitrogen and oxygen atoms in total. The number of aromatic nitrogens is 3. The zero-order valence-corrected chi connectivity index (χ0v) is 14.2. The average molecular weight is 348 g/mol. The van der Waals surface area contributed by atoms with Crippen molar-refractivity contribution in [2.24, 2.45) is 5.92 Å². The van der Waals surface area contributed by atoms with Gasteiger partial charge in [-0.2, -0.15) is 0 Å². The summed E-state index contributed by atoms with van der Waals surface area (Å²) in [4.78, 5) is 42.7. The van der Waals surface area contributed by atoms with Gasteiger partial charge in [0, 0.05) is 13.1 Å². The molecule has 1 atom stereocenters. The quantitative estimate of drug-likeness (QED) is 0.753. The molecular formula is C16H20N4O5. The van der Waals surface area contributed by atoms with Crippen LogP contribution in [0.3, 0.4) is 0 Å². The first-order valence-corrected chi connectivity index (χ1v) is 8.31. The standard InChI is InChI=1S/C16H20N4O5/c1-3-24-16(23)13-12-14(25-18-13)17-9-20(15(12)22)8-11(21)19-6-4-5-10(2)7-19/h9-10H,3-8H2,1-2H3. The fraction of sp³-hybridized carbons (Fsp3) is 0.562. The molecule has 0 bridgehead atoms. The molecule has 1 fully saturated rings. The molecular weight excluding hydrogens is 328 g/mol. The van der Waals surface area contributed by atoms with Crippen LogP contribution in [0.15, 0.2) is 15.6 Å². The molecule has 0 N–H and O–H groups in total. The van der Waals surface area contributed by atoms with Gasteiger partial charge in [-0.25, -0.2) is 9.78 Å². The topological polar surface area (TPSA) is 108 Å². The Kier molecular flexibility index (Phi) is 4.82. The lowest BCUT2D eigenvalue weighted by Gasteiger charge is -2.31. The summed E-state index contributed by atoms with van der Waals surface area (Å²) in [6, 6.07) is 0. The molecule has 25 heavy (non-hydrogen) atoms. The summed E-state index contributed by atoms with van der Waals surface area (Å²) in [6.45, 7) is 5.13. The number of ether oxygens (including phenoxy) is 1. The van der Waals surface area contributed by atoms with Crippen molar-refractivity contribution >= 4 is 23.0 Å². The van der Waals surface area contributed by atoms with E-state index in [1.807, 2.05) is 0 Å². The van der Waals surface area contributed by atoms with Gasteiger partial charge in [0.15, 0.2) is 0 Å². The van der Waals surface area contributed by atoms with Crippen molar-refractivity contribution in [3.63, 3.8) is 0 Å². The Bertz CT molecular complexity index is 856. The number of amides is 1. The maximum Gasteiger partial charge on any atom is 0.361 e. The summed E-state index contributed by atoms with van der Waals surface area (Å²) in [7, 11) is 0. The molecule has 134 valence electrons. The lowest BCUT2D eigenvalue weighted by Crippen LogP contribution is -2.42. The Morgan fingerprint density at radius 3 is 2.96 bits per heavy atom. The zero-order valence-electron chi connectivity index (χ0n) is 14.2. The molecule has 0 aliphatic carbocycles. The van der Waals surface area contributed by atoms with Gasteiger partial charge >= 0.3 is 5.97 Å².